The highest BCUT2D eigenvalue weighted by atomic mass is 32.2. The number of likely N-dealkylation sites (N-methyl/N-ethyl adjacent to an activating group) is 1. The zero-order chi connectivity index (χ0) is 32.3. The quantitative estimate of drug-likeness (QED) is 0.407. The van der Waals surface area contributed by atoms with Gasteiger partial charge in [-0.25, -0.2) is 4.72 Å². The standard InChI is InChI=1S/C35H43N5O5S/c1-37(2)46(43,44)36-34(41)23-13-15-29-30(19-23)39-20-25(35(42)40-26-11-8-12-31(40)38(3)21-26)17-24-18-27(45-4)14-16-28(24)33(39)32(29)22-9-6-5-7-10-22/h13-19,22,26,31H,5-12,20-21H2,1-4H3,(H,36,41). The van der Waals surface area contributed by atoms with Crippen LogP contribution >= 0.6 is 0 Å². The summed E-state index contributed by atoms with van der Waals surface area (Å²) < 4.78 is 36.1. The van der Waals surface area contributed by atoms with Gasteiger partial charge in [-0.1, -0.05) is 25.3 Å². The van der Waals surface area contributed by atoms with E-state index in [1.807, 2.05) is 24.3 Å². The number of likely N-dealkylation sites (tertiary alicyclic amines) is 1. The maximum absolute atomic E-state index is 14.6. The number of benzene rings is 2. The Balaban J connectivity index is 1.42. The maximum atomic E-state index is 14.6. The molecule has 1 aliphatic carbocycles. The highest BCUT2D eigenvalue weighted by Crippen LogP contribution is 2.47. The van der Waals surface area contributed by atoms with Crippen LogP contribution in [0.4, 0.5) is 0 Å². The number of aromatic nitrogens is 1. The molecule has 0 radical (unpaired) electrons. The van der Waals surface area contributed by atoms with Crippen molar-refractivity contribution in [3.8, 4) is 17.0 Å². The van der Waals surface area contributed by atoms with E-state index in [1.54, 1.807) is 19.2 Å². The Bertz CT molecular complexity index is 1860. The Morgan fingerprint density at radius 1 is 0.978 bits per heavy atom. The Hall–Kier alpha value is -3.67. The Morgan fingerprint density at radius 2 is 1.76 bits per heavy atom. The van der Waals surface area contributed by atoms with Crippen molar-refractivity contribution in [2.45, 2.75) is 76.0 Å². The number of nitrogens with one attached hydrogen (secondary N) is 1. The summed E-state index contributed by atoms with van der Waals surface area (Å²) >= 11 is 0. The van der Waals surface area contributed by atoms with Crippen LogP contribution in [0.2, 0.25) is 0 Å². The number of ether oxygens (including phenoxy) is 1. The van der Waals surface area contributed by atoms with Crippen LogP contribution in [0, 0.1) is 0 Å². The van der Waals surface area contributed by atoms with Crippen molar-refractivity contribution in [1.29, 1.82) is 0 Å². The van der Waals surface area contributed by atoms with E-state index >= 15 is 0 Å². The zero-order valence-electron chi connectivity index (χ0n) is 27.1. The van der Waals surface area contributed by atoms with Gasteiger partial charge < -0.3 is 14.2 Å². The van der Waals surface area contributed by atoms with Gasteiger partial charge in [0.1, 0.15) is 5.75 Å². The van der Waals surface area contributed by atoms with Gasteiger partial charge >= 0.3 is 10.2 Å². The van der Waals surface area contributed by atoms with Crippen molar-refractivity contribution in [3.63, 3.8) is 0 Å². The molecule has 3 fully saturated rings. The molecule has 244 valence electrons. The van der Waals surface area contributed by atoms with Crippen LogP contribution < -0.4 is 9.46 Å². The SMILES string of the molecule is COc1ccc2c(c1)C=C(C(=O)N1C3CCCC1N(C)C3)Cn1c-2c(C2CCCCC2)c2ccc(C(=O)NS(=O)(=O)N(C)C)cc21. The van der Waals surface area contributed by atoms with Crippen molar-refractivity contribution >= 4 is 39.0 Å². The van der Waals surface area contributed by atoms with E-state index in [-0.39, 0.29) is 23.7 Å². The summed E-state index contributed by atoms with van der Waals surface area (Å²) in [6.07, 6.45) is 10.9. The lowest BCUT2D eigenvalue weighted by Crippen LogP contribution is -2.47. The van der Waals surface area contributed by atoms with E-state index in [2.05, 4.69) is 32.2 Å². The number of amides is 2. The van der Waals surface area contributed by atoms with Crippen molar-refractivity contribution in [2.24, 2.45) is 0 Å². The summed E-state index contributed by atoms with van der Waals surface area (Å²) in [4.78, 5) is 32.3. The van der Waals surface area contributed by atoms with E-state index in [9.17, 15) is 18.0 Å². The Labute approximate surface area is 271 Å². The molecule has 1 aromatic heterocycles. The molecule has 1 N–H and O–H groups in total. The predicted octanol–water partition coefficient (Wildman–Crippen LogP) is 4.95. The first-order valence-electron chi connectivity index (χ1n) is 16.4. The summed E-state index contributed by atoms with van der Waals surface area (Å²) in [5.74, 6) is 0.418. The number of carbonyl (C=O) groups excluding carboxylic acids is 2. The summed E-state index contributed by atoms with van der Waals surface area (Å²) in [5.41, 5.74) is 6.04. The van der Waals surface area contributed by atoms with E-state index in [4.69, 9.17) is 4.74 Å². The summed E-state index contributed by atoms with van der Waals surface area (Å²) in [5, 5.41) is 1.04. The molecular formula is C35H43N5O5S. The van der Waals surface area contributed by atoms with Gasteiger partial charge in [0.05, 0.1) is 25.5 Å². The van der Waals surface area contributed by atoms with Crippen molar-refractivity contribution in [2.75, 3.05) is 34.8 Å². The molecule has 7 rings (SSSR count). The van der Waals surface area contributed by atoms with Gasteiger partial charge in [-0.15, -0.1) is 0 Å². The van der Waals surface area contributed by atoms with Gasteiger partial charge in [-0.2, -0.15) is 12.7 Å². The third kappa shape index (κ3) is 5.22. The van der Waals surface area contributed by atoms with Gasteiger partial charge in [-0.3, -0.25) is 14.5 Å². The Morgan fingerprint density at radius 3 is 2.48 bits per heavy atom. The molecular weight excluding hydrogens is 602 g/mol. The van der Waals surface area contributed by atoms with Crippen LogP contribution in [-0.4, -0.2) is 85.9 Å². The molecule has 2 saturated heterocycles. The largest absolute Gasteiger partial charge is 0.497 e. The molecule has 3 aliphatic heterocycles. The minimum atomic E-state index is -3.97. The second-order valence-corrected chi connectivity index (χ2v) is 15.4. The van der Waals surface area contributed by atoms with E-state index < -0.39 is 16.1 Å². The van der Waals surface area contributed by atoms with Crippen LogP contribution in [0.3, 0.4) is 0 Å². The average Bonchev–Trinajstić information content (AvgIpc) is 3.37. The molecule has 2 bridgehead atoms. The number of hydrogen-bond donors (Lipinski definition) is 1. The van der Waals surface area contributed by atoms with Crippen molar-refractivity contribution < 1.29 is 22.7 Å². The Kier molecular flexibility index (Phi) is 7.97. The second kappa shape index (κ2) is 11.8. The lowest BCUT2D eigenvalue weighted by atomic mass is 9.81. The third-order valence-electron chi connectivity index (χ3n) is 10.5. The predicted molar refractivity (Wildman–Crippen MR) is 179 cm³/mol. The van der Waals surface area contributed by atoms with E-state index in [0.717, 1.165) is 89.3 Å². The molecule has 2 unspecified atom stereocenters. The number of piperidine rings is 1. The molecule has 10 nitrogen and oxygen atoms in total. The highest BCUT2D eigenvalue weighted by molar-refractivity contribution is 7.87. The van der Waals surface area contributed by atoms with Crippen LogP contribution in [0.25, 0.3) is 28.2 Å². The lowest BCUT2D eigenvalue weighted by molar-refractivity contribution is -0.132. The van der Waals surface area contributed by atoms with Crippen molar-refractivity contribution in [3.05, 3.63) is 58.7 Å². The maximum Gasteiger partial charge on any atom is 0.303 e. The fourth-order valence-electron chi connectivity index (χ4n) is 8.17. The van der Waals surface area contributed by atoms with Gasteiger partial charge in [0.25, 0.3) is 11.8 Å². The topological polar surface area (TPSA) is 104 Å². The second-order valence-electron chi connectivity index (χ2n) is 13.5. The monoisotopic (exact) mass is 645 g/mol. The first-order valence-corrected chi connectivity index (χ1v) is 17.8. The van der Waals surface area contributed by atoms with E-state index in [1.165, 1.54) is 26.1 Å². The van der Waals surface area contributed by atoms with Crippen LogP contribution in [-0.2, 0) is 21.5 Å². The van der Waals surface area contributed by atoms with Gasteiger partial charge in [-0.05, 0) is 92.6 Å². The number of hydrogen-bond acceptors (Lipinski definition) is 6. The van der Waals surface area contributed by atoms with Gasteiger partial charge in [0.15, 0.2) is 0 Å². The lowest BCUT2D eigenvalue weighted by Gasteiger charge is -2.35. The summed E-state index contributed by atoms with van der Waals surface area (Å²) in [7, 11) is 2.55. The normalized spacial score (nSPS) is 21.9. The smallest absolute Gasteiger partial charge is 0.303 e. The van der Waals surface area contributed by atoms with E-state index in [0.29, 0.717) is 18.0 Å². The zero-order valence-corrected chi connectivity index (χ0v) is 27.9. The number of nitrogens with zero attached hydrogens (tertiary/aromatic N) is 4. The first kappa shape index (κ1) is 31.0. The van der Waals surface area contributed by atoms with Crippen LogP contribution in [0.5, 0.6) is 5.75 Å². The van der Waals surface area contributed by atoms with Gasteiger partial charge in [0.2, 0.25) is 0 Å². The number of carbonyl (C=O) groups is 2. The molecule has 2 amide bonds. The molecule has 1 saturated carbocycles. The molecule has 0 spiro atoms. The molecule has 3 aromatic rings. The molecule has 11 heteroatoms. The minimum Gasteiger partial charge on any atom is -0.497 e. The fraction of sp³-hybridized carbons (Fsp3) is 0.486. The number of fused-ring (bicyclic) bond motifs is 7. The molecule has 46 heavy (non-hydrogen) atoms. The summed E-state index contributed by atoms with van der Waals surface area (Å²) in [6.45, 7) is 1.22. The van der Waals surface area contributed by atoms with Crippen LogP contribution in [0.15, 0.2) is 42.0 Å². The third-order valence-corrected chi connectivity index (χ3v) is 11.9. The minimum absolute atomic E-state index is 0.0488. The average molecular weight is 646 g/mol. The number of methoxy groups -OCH3 is 1. The van der Waals surface area contributed by atoms with Crippen molar-refractivity contribution in [1.82, 2.24) is 23.4 Å². The molecule has 4 heterocycles. The summed E-state index contributed by atoms with van der Waals surface area (Å²) in [6, 6.07) is 11.7. The number of rotatable bonds is 6. The highest BCUT2D eigenvalue weighted by Gasteiger charge is 2.44. The first-order chi connectivity index (χ1) is 22.1. The van der Waals surface area contributed by atoms with Gasteiger partial charge in [0, 0.05) is 54.3 Å². The molecule has 2 aromatic carbocycles. The molecule has 4 aliphatic rings. The van der Waals surface area contributed by atoms with Crippen LogP contribution in [0.1, 0.15) is 78.8 Å². The fourth-order valence-corrected chi connectivity index (χ4v) is 8.71. The molecule has 2 atom stereocenters.